The maximum atomic E-state index is 13.6. The number of hydrazone groups is 1. The Morgan fingerprint density at radius 1 is 1.07 bits per heavy atom. The van der Waals surface area contributed by atoms with Gasteiger partial charge in [-0.25, -0.2) is 13.8 Å². The van der Waals surface area contributed by atoms with E-state index in [0.717, 1.165) is 31.4 Å². The van der Waals surface area contributed by atoms with Crippen LogP contribution in [0, 0.1) is 13.8 Å². The van der Waals surface area contributed by atoms with Gasteiger partial charge in [-0.2, -0.15) is 5.10 Å². The molecular weight excluding hydrogens is 616 g/mol. The molecule has 11 heteroatoms. The van der Waals surface area contributed by atoms with Gasteiger partial charge in [-0.3, -0.25) is 9.10 Å². The number of halogens is 2. The standard InChI is InChI=1S/C29H28BrClN4O4S/c1-4-39-27-12-10-25(11-13-27)34(40(37,38)28-14-8-24(31)9-15-28)19-29(36)33-32-18-22-16-20(2)35(21(22)3)26-7-5-6-23(30)17-26/h5-18H,4,19H2,1-3H3,(H,33,36)/b32-18+. The molecular formula is C29H28BrClN4O4S. The van der Waals surface area contributed by atoms with Gasteiger partial charge in [0.1, 0.15) is 12.3 Å². The number of aromatic nitrogens is 1. The molecule has 0 atom stereocenters. The van der Waals surface area contributed by atoms with E-state index in [1.807, 2.05) is 51.1 Å². The molecule has 0 fully saturated rings. The molecule has 40 heavy (non-hydrogen) atoms. The van der Waals surface area contributed by atoms with E-state index in [4.69, 9.17) is 16.3 Å². The third-order valence-electron chi connectivity index (χ3n) is 6.05. The third-order valence-corrected chi connectivity index (χ3v) is 8.59. The second kappa shape index (κ2) is 12.7. The van der Waals surface area contributed by atoms with Gasteiger partial charge in [-0.15, -0.1) is 0 Å². The van der Waals surface area contributed by atoms with Crippen LogP contribution >= 0.6 is 27.5 Å². The molecule has 1 aromatic heterocycles. The highest BCUT2D eigenvalue weighted by Gasteiger charge is 2.27. The number of amides is 1. The Hall–Kier alpha value is -3.60. The predicted molar refractivity (Wildman–Crippen MR) is 162 cm³/mol. The van der Waals surface area contributed by atoms with Gasteiger partial charge in [0.05, 0.1) is 23.4 Å². The molecule has 4 rings (SSSR count). The first-order valence-corrected chi connectivity index (χ1v) is 15.0. The Labute approximate surface area is 247 Å². The number of nitrogens with one attached hydrogen (secondary N) is 1. The van der Waals surface area contributed by atoms with Gasteiger partial charge in [0, 0.05) is 32.1 Å². The summed E-state index contributed by atoms with van der Waals surface area (Å²) in [4.78, 5) is 12.9. The molecule has 8 nitrogen and oxygen atoms in total. The van der Waals surface area contributed by atoms with Crippen LogP contribution in [0.15, 0.2) is 93.3 Å². The Balaban J connectivity index is 1.56. The minimum Gasteiger partial charge on any atom is -0.494 e. The maximum absolute atomic E-state index is 13.6. The summed E-state index contributed by atoms with van der Waals surface area (Å²) in [6, 6.07) is 22.1. The number of benzene rings is 3. The van der Waals surface area contributed by atoms with Crippen molar-refractivity contribution in [3.8, 4) is 11.4 Å². The number of hydrogen-bond acceptors (Lipinski definition) is 5. The van der Waals surface area contributed by atoms with E-state index in [-0.39, 0.29) is 4.90 Å². The molecule has 1 N–H and O–H groups in total. The molecule has 3 aromatic carbocycles. The molecule has 0 radical (unpaired) electrons. The zero-order chi connectivity index (χ0) is 28.9. The van der Waals surface area contributed by atoms with Crippen LogP contribution in [0.1, 0.15) is 23.9 Å². The lowest BCUT2D eigenvalue weighted by Crippen LogP contribution is -2.39. The fraction of sp³-hybridized carbons (Fsp3) is 0.172. The van der Waals surface area contributed by atoms with E-state index in [9.17, 15) is 13.2 Å². The molecule has 208 valence electrons. The van der Waals surface area contributed by atoms with Crippen molar-refractivity contribution in [1.82, 2.24) is 9.99 Å². The van der Waals surface area contributed by atoms with Crippen LogP contribution in [0.5, 0.6) is 5.75 Å². The maximum Gasteiger partial charge on any atom is 0.264 e. The van der Waals surface area contributed by atoms with Gasteiger partial charge in [0.15, 0.2) is 0 Å². The lowest BCUT2D eigenvalue weighted by molar-refractivity contribution is -0.119. The number of carbonyl (C=O) groups is 1. The van der Waals surface area contributed by atoms with Crippen LogP contribution in [-0.4, -0.2) is 38.3 Å². The SMILES string of the molecule is CCOc1ccc(N(CC(=O)N/N=C/c2cc(C)n(-c3cccc(Br)c3)c2C)S(=O)(=O)c2ccc(Cl)cc2)cc1. The van der Waals surface area contributed by atoms with Crippen molar-refractivity contribution in [2.24, 2.45) is 5.10 Å². The number of hydrogen-bond donors (Lipinski definition) is 1. The molecule has 0 aliphatic rings. The fourth-order valence-electron chi connectivity index (χ4n) is 4.19. The van der Waals surface area contributed by atoms with E-state index >= 15 is 0 Å². The van der Waals surface area contributed by atoms with Gasteiger partial charge < -0.3 is 9.30 Å². The molecule has 0 saturated carbocycles. The van der Waals surface area contributed by atoms with E-state index in [0.29, 0.717) is 23.1 Å². The Morgan fingerprint density at radius 2 is 1.77 bits per heavy atom. The summed E-state index contributed by atoms with van der Waals surface area (Å²) in [7, 11) is -4.10. The van der Waals surface area contributed by atoms with Crippen molar-refractivity contribution < 1.29 is 17.9 Å². The molecule has 0 aliphatic carbocycles. The first-order chi connectivity index (χ1) is 19.1. The molecule has 0 spiro atoms. The van der Waals surface area contributed by atoms with Gasteiger partial charge in [-0.1, -0.05) is 33.6 Å². The summed E-state index contributed by atoms with van der Waals surface area (Å²) in [6.07, 6.45) is 1.55. The molecule has 0 unspecified atom stereocenters. The smallest absolute Gasteiger partial charge is 0.264 e. The van der Waals surface area contributed by atoms with Gasteiger partial charge in [0.25, 0.3) is 15.9 Å². The number of ether oxygens (including phenoxy) is 1. The van der Waals surface area contributed by atoms with E-state index in [2.05, 4.69) is 31.0 Å². The van der Waals surface area contributed by atoms with Crippen LogP contribution in [0.4, 0.5) is 5.69 Å². The summed E-state index contributed by atoms with van der Waals surface area (Å²) in [5.74, 6) is -0.0203. The minimum absolute atomic E-state index is 0.00192. The zero-order valence-electron chi connectivity index (χ0n) is 22.1. The quantitative estimate of drug-likeness (QED) is 0.163. The average Bonchev–Trinajstić information content (AvgIpc) is 3.20. The molecule has 0 bridgehead atoms. The first kappa shape index (κ1) is 29.4. The summed E-state index contributed by atoms with van der Waals surface area (Å²) in [5.41, 5.74) is 6.51. The largest absolute Gasteiger partial charge is 0.494 e. The van der Waals surface area contributed by atoms with Crippen LogP contribution < -0.4 is 14.5 Å². The topological polar surface area (TPSA) is 93.0 Å². The van der Waals surface area contributed by atoms with Crippen LogP contribution in [0.2, 0.25) is 5.02 Å². The molecule has 1 amide bonds. The Bertz CT molecular complexity index is 1640. The third kappa shape index (κ3) is 6.75. The number of rotatable bonds is 10. The summed E-state index contributed by atoms with van der Waals surface area (Å²) in [5, 5.41) is 4.51. The zero-order valence-corrected chi connectivity index (χ0v) is 25.3. The van der Waals surface area contributed by atoms with Crippen molar-refractivity contribution in [1.29, 1.82) is 0 Å². The van der Waals surface area contributed by atoms with Crippen molar-refractivity contribution in [3.63, 3.8) is 0 Å². The highest BCUT2D eigenvalue weighted by molar-refractivity contribution is 9.10. The van der Waals surface area contributed by atoms with Crippen LogP contribution in [0.3, 0.4) is 0 Å². The van der Waals surface area contributed by atoms with Gasteiger partial charge in [-0.05, 0) is 93.6 Å². The predicted octanol–water partition coefficient (Wildman–Crippen LogP) is 6.25. The molecule has 4 aromatic rings. The number of sulfonamides is 1. The van der Waals surface area contributed by atoms with Crippen LogP contribution in [0.25, 0.3) is 5.69 Å². The number of anilines is 1. The number of carbonyl (C=O) groups excluding carboxylic acids is 1. The average molecular weight is 644 g/mol. The summed E-state index contributed by atoms with van der Waals surface area (Å²) < 4.78 is 36.7. The van der Waals surface area contributed by atoms with Gasteiger partial charge >= 0.3 is 0 Å². The lowest BCUT2D eigenvalue weighted by Gasteiger charge is -2.24. The Kier molecular flexibility index (Phi) is 9.34. The Morgan fingerprint density at radius 3 is 2.42 bits per heavy atom. The van der Waals surface area contributed by atoms with Gasteiger partial charge in [0.2, 0.25) is 0 Å². The van der Waals surface area contributed by atoms with Crippen molar-refractivity contribution >= 4 is 55.4 Å². The van der Waals surface area contributed by atoms with Crippen molar-refractivity contribution in [2.75, 3.05) is 17.5 Å². The molecule has 0 saturated heterocycles. The highest BCUT2D eigenvalue weighted by Crippen LogP contribution is 2.27. The fourth-order valence-corrected chi connectivity index (χ4v) is 6.13. The lowest BCUT2D eigenvalue weighted by atomic mass is 10.2. The second-order valence-electron chi connectivity index (χ2n) is 8.83. The number of nitrogens with zero attached hydrogens (tertiary/aromatic N) is 3. The van der Waals surface area contributed by atoms with E-state index in [1.165, 1.54) is 24.3 Å². The highest BCUT2D eigenvalue weighted by atomic mass is 79.9. The van der Waals surface area contributed by atoms with E-state index in [1.54, 1.807) is 30.5 Å². The van der Waals surface area contributed by atoms with Crippen molar-refractivity contribution in [2.45, 2.75) is 25.7 Å². The van der Waals surface area contributed by atoms with E-state index < -0.39 is 22.5 Å². The summed E-state index contributed by atoms with van der Waals surface area (Å²) in [6.45, 7) is 5.78. The monoisotopic (exact) mass is 642 g/mol. The van der Waals surface area contributed by atoms with Crippen molar-refractivity contribution in [3.05, 3.63) is 105 Å². The first-order valence-electron chi connectivity index (χ1n) is 12.4. The second-order valence-corrected chi connectivity index (χ2v) is 12.0. The molecule has 1 heterocycles. The number of aryl methyl sites for hydroxylation is 1. The molecule has 0 aliphatic heterocycles. The minimum atomic E-state index is -4.10. The summed E-state index contributed by atoms with van der Waals surface area (Å²) >= 11 is 9.46. The normalized spacial score (nSPS) is 11.5. The van der Waals surface area contributed by atoms with Crippen LogP contribution in [-0.2, 0) is 14.8 Å².